The average Bonchev–Trinajstić information content (AvgIpc) is 3.34. The molecule has 1 rings (SSSR count). The second-order valence-corrected chi connectivity index (χ2v) is 18.6. The van der Waals surface area contributed by atoms with Gasteiger partial charge < -0.3 is 45.1 Å². The third-order valence-corrected chi connectivity index (χ3v) is 12.3. The van der Waals surface area contributed by atoms with Gasteiger partial charge in [0.2, 0.25) is 5.91 Å². The van der Waals surface area contributed by atoms with E-state index >= 15 is 0 Å². The van der Waals surface area contributed by atoms with E-state index in [1.807, 2.05) is 19.1 Å². The van der Waals surface area contributed by atoms with Crippen molar-refractivity contribution in [1.82, 2.24) is 5.32 Å². The Kier molecular flexibility index (Phi) is 43.7. The highest BCUT2D eigenvalue weighted by Crippen LogP contribution is 2.23. The summed E-state index contributed by atoms with van der Waals surface area (Å²) in [5.74, 6) is -0.259. The molecule has 0 aromatic heterocycles. The summed E-state index contributed by atoms with van der Waals surface area (Å²) >= 11 is 0. The van der Waals surface area contributed by atoms with Gasteiger partial charge in [0.25, 0.3) is 0 Å². The number of rotatable bonds is 45. The van der Waals surface area contributed by atoms with E-state index in [0.717, 1.165) is 103 Å². The number of unbranched alkanes of at least 4 members (excludes halogenated alkanes) is 21. The number of nitrogens with one attached hydrogen (secondary N) is 1. The highest BCUT2D eigenvalue weighted by Gasteiger charge is 2.44. The van der Waals surface area contributed by atoms with Gasteiger partial charge in [-0.3, -0.25) is 9.59 Å². The van der Waals surface area contributed by atoms with Gasteiger partial charge in [-0.15, -0.1) is 0 Å². The molecule has 7 atom stereocenters. The quantitative estimate of drug-likeness (QED) is 0.0149. The fourth-order valence-corrected chi connectivity index (χ4v) is 7.91. The van der Waals surface area contributed by atoms with Crippen LogP contribution in [-0.2, 0) is 23.8 Å². The van der Waals surface area contributed by atoms with Crippen molar-refractivity contribution in [2.45, 2.75) is 249 Å². The molecule has 7 unspecified atom stereocenters. The smallest absolute Gasteiger partial charge is 0.305 e. The van der Waals surface area contributed by atoms with Crippen molar-refractivity contribution in [3.8, 4) is 0 Å². The topological polar surface area (TPSA) is 175 Å². The predicted octanol–water partition coefficient (Wildman–Crippen LogP) is 11.8. The summed E-state index contributed by atoms with van der Waals surface area (Å²) in [6, 6.07) is -0.843. The van der Waals surface area contributed by atoms with E-state index in [1.165, 1.54) is 70.6 Å². The molecule has 1 heterocycles. The Hall–Kier alpha value is -3.16. The van der Waals surface area contributed by atoms with Crippen LogP contribution in [0, 0.1) is 0 Å². The minimum atomic E-state index is -1.59. The molecular formula is C58H99NO10. The first-order chi connectivity index (χ1) is 33.7. The molecule has 0 aromatic rings. The van der Waals surface area contributed by atoms with Crippen LogP contribution in [0.1, 0.15) is 206 Å². The Morgan fingerprint density at radius 1 is 0.580 bits per heavy atom. The van der Waals surface area contributed by atoms with Gasteiger partial charge in [0.1, 0.15) is 24.4 Å². The molecule has 1 aliphatic heterocycles. The highest BCUT2D eigenvalue weighted by molar-refractivity contribution is 5.76. The number of aliphatic hydroxyl groups excluding tert-OH is 5. The predicted molar refractivity (Wildman–Crippen MR) is 282 cm³/mol. The zero-order valence-corrected chi connectivity index (χ0v) is 43.2. The number of carbonyl (C=O) groups excluding carboxylic acids is 2. The van der Waals surface area contributed by atoms with Gasteiger partial charge >= 0.3 is 5.97 Å². The molecule has 0 aromatic carbocycles. The van der Waals surface area contributed by atoms with Gasteiger partial charge in [0, 0.05) is 12.8 Å². The lowest BCUT2D eigenvalue weighted by Gasteiger charge is -2.40. The third kappa shape index (κ3) is 37.3. The summed E-state index contributed by atoms with van der Waals surface area (Å²) in [5, 5.41) is 54.1. The summed E-state index contributed by atoms with van der Waals surface area (Å²) in [4.78, 5) is 25.0. The highest BCUT2D eigenvalue weighted by atomic mass is 16.7. The Balaban J connectivity index is 2.10. The molecule has 0 bridgehead atoms. The van der Waals surface area contributed by atoms with Gasteiger partial charge in [-0.25, -0.2) is 0 Å². The van der Waals surface area contributed by atoms with Gasteiger partial charge in [-0.05, 0) is 110 Å². The first-order valence-electron chi connectivity index (χ1n) is 27.3. The largest absolute Gasteiger partial charge is 0.466 e. The molecule has 1 aliphatic rings. The monoisotopic (exact) mass is 970 g/mol. The summed E-state index contributed by atoms with van der Waals surface area (Å²) in [7, 11) is 0. The molecule has 11 nitrogen and oxygen atoms in total. The standard InChI is InChI=1S/C58H99NO10/c1-3-5-7-9-11-13-14-22-26-30-34-38-42-46-54(63)67-47-43-39-35-31-27-24-21-19-17-15-16-18-20-23-25-29-33-37-41-45-53(62)59-50(51(61)44-40-36-32-28-12-10-8-6-4-2)49-68-58-57(66)56(65)55(64)52(48-60)69-58/h4,6-7,9,12-14,19,21,24,27-28,40,44,50-52,55-58,60-61,64-66H,3,5,8,10-11,15-18,20,22-23,25-26,29-39,41-43,45-49H2,1-2H3,(H,59,62)/b6-4+,9-7-,14-13-,21-19-,27-24-,28-12+,44-40+. The first kappa shape index (κ1) is 63.9. The zero-order chi connectivity index (χ0) is 50.3. The van der Waals surface area contributed by atoms with Crippen molar-refractivity contribution in [3.63, 3.8) is 0 Å². The average molecular weight is 970 g/mol. The maximum Gasteiger partial charge on any atom is 0.305 e. The fourth-order valence-electron chi connectivity index (χ4n) is 7.91. The second-order valence-electron chi connectivity index (χ2n) is 18.6. The number of carbonyl (C=O) groups is 2. The number of hydrogen-bond acceptors (Lipinski definition) is 10. The third-order valence-electron chi connectivity index (χ3n) is 12.3. The van der Waals surface area contributed by atoms with E-state index in [1.54, 1.807) is 6.08 Å². The Bertz CT molecular complexity index is 1420. The minimum Gasteiger partial charge on any atom is -0.466 e. The summed E-state index contributed by atoms with van der Waals surface area (Å²) in [6.07, 6.45) is 52.7. The Morgan fingerprint density at radius 2 is 1.09 bits per heavy atom. The van der Waals surface area contributed by atoms with Crippen LogP contribution in [0.5, 0.6) is 0 Å². The van der Waals surface area contributed by atoms with Gasteiger partial charge in [-0.1, -0.05) is 169 Å². The lowest BCUT2D eigenvalue weighted by atomic mass is 9.99. The maximum atomic E-state index is 13.0. The molecule has 1 saturated heterocycles. The van der Waals surface area contributed by atoms with Crippen LogP contribution in [-0.4, -0.2) is 100 Å². The van der Waals surface area contributed by atoms with Crippen molar-refractivity contribution in [2.75, 3.05) is 19.8 Å². The van der Waals surface area contributed by atoms with Crippen LogP contribution in [0.3, 0.4) is 0 Å². The number of esters is 1. The maximum absolute atomic E-state index is 13.0. The normalized spacial score (nSPS) is 20.0. The summed E-state index contributed by atoms with van der Waals surface area (Å²) in [5.41, 5.74) is 0. The lowest BCUT2D eigenvalue weighted by Crippen LogP contribution is -2.60. The van der Waals surface area contributed by atoms with Crippen molar-refractivity contribution >= 4 is 11.9 Å². The fraction of sp³-hybridized carbons (Fsp3) is 0.724. The van der Waals surface area contributed by atoms with Gasteiger partial charge in [0.15, 0.2) is 6.29 Å². The van der Waals surface area contributed by atoms with Crippen molar-refractivity contribution < 1.29 is 49.3 Å². The van der Waals surface area contributed by atoms with E-state index in [-0.39, 0.29) is 18.5 Å². The number of hydrogen-bond donors (Lipinski definition) is 6. The number of amides is 1. The van der Waals surface area contributed by atoms with Crippen molar-refractivity contribution in [2.24, 2.45) is 0 Å². The Labute approximate surface area is 419 Å². The zero-order valence-electron chi connectivity index (χ0n) is 43.2. The van der Waals surface area contributed by atoms with E-state index in [9.17, 15) is 35.1 Å². The van der Waals surface area contributed by atoms with Gasteiger partial charge in [0.05, 0.1) is 32.0 Å². The summed E-state index contributed by atoms with van der Waals surface area (Å²) < 4.78 is 16.6. The molecular weight excluding hydrogens is 871 g/mol. The molecule has 1 fully saturated rings. The van der Waals surface area contributed by atoms with Crippen molar-refractivity contribution in [3.05, 3.63) is 85.1 Å². The number of aliphatic hydroxyl groups is 5. The molecule has 11 heteroatoms. The molecule has 396 valence electrons. The van der Waals surface area contributed by atoms with E-state index in [0.29, 0.717) is 25.9 Å². The van der Waals surface area contributed by atoms with Crippen molar-refractivity contribution in [1.29, 1.82) is 0 Å². The van der Waals surface area contributed by atoms with E-state index < -0.39 is 49.5 Å². The van der Waals surface area contributed by atoms with Crippen LogP contribution in [0.4, 0.5) is 0 Å². The molecule has 69 heavy (non-hydrogen) atoms. The van der Waals surface area contributed by atoms with Crippen LogP contribution < -0.4 is 5.32 Å². The second kappa shape index (κ2) is 47.2. The Morgan fingerprint density at radius 3 is 1.68 bits per heavy atom. The molecule has 0 spiro atoms. The molecule has 0 saturated carbocycles. The van der Waals surface area contributed by atoms with Crippen LogP contribution >= 0.6 is 0 Å². The molecule has 1 amide bonds. The van der Waals surface area contributed by atoms with E-state index in [4.69, 9.17) is 14.2 Å². The van der Waals surface area contributed by atoms with Crippen LogP contribution in [0.25, 0.3) is 0 Å². The molecule has 6 N–H and O–H groups in total. The van der Waals surface area contributed by atoms with Crippen LogP contribution in [0.15, 0.2) is 85.1 Å². The lowest BCUT2D eigenvalue weighted by molar-refractivity contribution is -0.302. The first-order valence-corrected chi connectivity index (χ1v) is 27.3. The van der Waals surface area contributed by atoms with E-state index in [2.05, 4.69) is 79.1 Å². The number of ether oxygens (including phenoxy) is 3. The molecule has 0 aliphatic carbocycles. The van der Waals surface area contributed by atoms with Crippen LogP contribution in [0.2, 0.25) is 0 Å². The van der Waals surface area contributed by atoms with Gasteiger partial charge in [-0.2, -0.15) is 0 Å². The summed E-state index contributed by atoms with van der Waals surface area (Å²) in [6.45, 7) is 3.94. The number of allylic oxidation sites excluding steroid dienone is 13. The minimum absolute atomic E-state index is 0.0464. The SMILES string of the molecule is C/C=C/CC/C=C/CC/C=C/C(O)C(COC1OC(CO)C(O)C(O)C1O)NC(=O)CCCCCCCCCCCC/C=C\C=C/CCCCCOC(=O)CCCCCCC/C=C\C/C=C\CCC. The molecule has 0 radical (unpaired) electrons.